The Morgan fingerprint density at radius 1 is 1.15 bits per heavy atom. The normalized spacial score (nSPS) is 15.0. The molecule has 1 heterocycles. The first-order chi connectivity index (χ1) is 9.76. The molecule has 4 heteroatoms. The van der Waals surface area contributed by atoms with Gasteiger partial charge in [0.15, 0.2) is 0 Å². The highest BCUT2D eigenvalue weighted by molar-refractivity contribution is 5.93. The van der Waals surface area contributed by atoms with E-state index in [4.69, 9.17) is 0 Å². The first kappa shape index (κ1) is 14.7. The van der Waals surface area contributed by atoms with E-state index in [0.29, 0.717) is 0 Å². The zero-order valence-corrected chi connectivity index (χ0v) is 12.6. The molecule has 0 atom stereocenters. The molecule has 0 aliphatic carbocycles. The Kier molecular flexibility index (Phi) is 5.27. The van der Waals surface area contributed by atoms with Crippen LogP contribution in [-0.2, 0) is 0 Å². The Bertz CT molecular complexity index is 437. The van der Waals surface area contributed by atoms with E-state index >= 15 is 0 Å². The van der Waals surface area contributed by atoms with Gasteiger partial charge < -0.3 is 15.1 Å². The fraction of sp³-hybridized carbons (Fsp3) is 0.562. The molecule has 0 spiro atoms. The number of carbonyl (C=O) groups is 1. The molecule has 2 rings (SSSR count). The molecule has 0 unspecified atom stereocenters. The number of amides is 2. The second kappa shape index (κ2) is 7.17. The Balaban J connectivity index is 2.13. The Hall–Kier alpha value is -1.71. The van der Waals surface area contributed by atoms with Crippen LogP contribution in [0.3, 0.4) is 0 Å². The molecule has 1 aliphatic heterocycles. The third-order valence-electron chi connectivity index (χ3n) is 3.89. The number of carbonyl (C=O) groups excluding carboxylic acids is 1. The zero-order chi connectivity index (χ0) is 14.4. The highest BCUT2D eigenvalue weighted by Crippen LogP contribution is 2.28. The quantitative estimate of drug-likeness (QED) is 0.912. The molecule has 110 valence electrons. The lowest BCUT2D eigenvalue weighted by molar-refractivity contribution is 0.217. The van der Waals surface area contributed by atoms with Crippen molar-refractivity contribution >= 4 is 17.4 Å². The number of piperidine rings is 1. The summed E-state index contributed by atoms with van der Waals surface area (Å²) in [5.41, 5.74) is 2.07. The number of hydrogen-bond acceptors (Lipinski definition) is 2. The minimum atomic E-state index is -0.0144. The lowest BCUT2D eigenvalue weighted by atomic mass is 10.1. The van der Waals surface area contributed by atoms with Gasteiger partial charge in [0, 0.05) is 26.2 Å². The van der Waals surface area contributed by atoms with E-state index in [-0.39, 0.29) is 6.03 Å². The van der Waals surface area contributed by atoms with Crippen LogP contribution in [0.25, 0.3) is 0 Å². The molecule has 1 N–H and O–H groups in total. The monoisotopic (exact) mass is 275 g/mol. The molecule has 0 radical (unpaired) electrons. The minimum Gasteiger partial charge on any atom is -0.370 e. The van der Waals surface area contributed by atoms with Crippen LogP contribution in [-0.4, -0.2) is 37.1 Å². The van der Waals surface area contributed by atoms with Crippen LogP contribution in [0.4, 0.5) is 16.2 Å². The number of rotatable bonds is 4. The first-order valence-electron chi connectivity index (χ1n) is 7.66. The van der Waals surface area contributed by atoms with Gasteiger partial charge in [-0.15, -0.1) is 0 Å². The third-order valence-corrected chi connectivity index (χ3v) is 3.89. The van der Waals surface area contributed by atoms with Crippen LogP contribution >= 0.6 is 0 Å². The Morgan fingerprint density at radius 3 is 2.45 bits per heavy atom. The average molecular weight is 275 g/mol. The molecule has 20 heavy (non-hydrogen) atoms. The number of nitrogens with one attached hydrogen (secondary N) is 1. The topological polar surface area (TPSA) is 35.6 Å². The van der Waals surface area contributed by atoms with Crippen LogP contribution in [0.15, 0.2) is 24.3 Å². The average Bonchev–Trinajstić information content (AvgIpc) is 2.50. The fourth-order valence-corrected chi connectivity index (χ4v) is 2.69. The summed E-state index contributed by atoms with van der Waals surface area (Å²) in [6.07, 6.45) is 3.78. The van der Waals surface area contributed by atoms with Crippen molar-refractivity contribution in [1.82, 2.24) is 4.90 Å². The molecular formula is C16H25N3O. The molecule has 1 saturated heterocycles. The van der Waals surface area contributed by atoms with Crippen molar-refractivity contribution in [3.63, 3.8) is 0 Å². The van der Waals surface area contributed by atoms with Crippen molar-refractivity contribution in [3.8, 4) is 0 Å². The van der Waals surface area contributed by atoms with E-state index in [2.05, 4.69) is 16.3 Å². The number of nitrogens with zero attached hydrogens (tertiary/aromatic N) is 2. The van der Waals surface area contributed by atoms with E-state index < -0.39 is 0 Å². The largest absolute Gasteiger partial charge is 0.370 e. The maximum atomic E-state index is 12.2. The molecular weight excluding hydrogens is 250 g/mol. The van der Waals surface area contributed by atoms with Gasteiger partial charge in [0.25, 0.3) is 0 Å². The maximum Gasteiger partial charge on any atom is 0.321 e. The van der Waals surface area contributed by atoms with Crippen LogP contribution in [0, 0.1) is 0 Å². The van der Waals surface area contributed by atoms with E-state index in [9.17, 15) is 4.79 Å². The highest BCUT2D eigenvalue weighted by atomic mass is 16.2. The summed E-state index contributed by atoms with van der Waals surface area (Å²) in [4.78, 5) is 16.4. The van der Waals surface area contributed by atoms with Crippen LogP contribution in [0.5, 0.6) is 0 Å². The first-order valence-corrected chi connectivity index (χ1v) is 7.66. The van der Waals surface area contributed by atoms with E-state index in [1.165, 1.54) is 19.3 Å². The molecule has 1 aromatic carbocycles. The van der Waals surface area contributed by atoms with Gasteiger partial charge in [-0.25, -0.2) is 4.79 Å². The fourth-order valence-electron chi connectivity index (χ4n) is 2.69. The van der Waals surface area contributed by atoms with Crippen LogP contribution in [0.2, 0.25) is 0 Å². The van der Waals surface area contributed by atoms with E-state index in [1.807, 2.05) is 32.0 Å². The van der Waals surface area contributed by atoms with Crippen molar-refractivity contribution in [2.75, 3.05) is 36.4 Å². The van der Waals surface area contributed by atoms with Crippen molar-refractivity contribution < 1.29 is 4.79 Å². The maximum absolute atomic E-state index is 12.2. The molecule has 1 fully saturated rings. The number of urea groups is 1. The zero-order valence-electron chi connectivity index (χ0n) is 12.6. The minimum absolute atomic E-state index is 0.0144. The SMILES string of the molecule is CCN(CC)C(=O)Nc1ccccc1N1CCCCC1. The summed E-state index contributed by atoms with van der Waals surface area (Å²) in [5, 5.41) is 3.06. The molecule has 0 saturated carbocycles. The Labute approximate surface area is 121 Å². The van der Waals surface area contributed by atoms with Crippen molar-refractivity contribution in [3.05, 3.63) is 24.3 Å². The number of benzene rings is 1. The molecule has 4 nitrogen and oxygen atoms in total. The van der Waals surface area contributed by atoms with E-state index in [0.717, 1.165) is 37.6 Å². The van der Waals surface area contributed by atoms with Gasteiger partial charge in [-0.05, 0) is 45.2 Å². The van der Waals surface area contributed by atoms with Gasteiger partial charge in [-0.3, -0.25) is 0 Å². The van der Waals surface area contributed by atoms with Gasteiger partial charge in [0.1, 0.15) is 0 Å². The van der Waals surface area contributed by atoms with Crippen molar-refractivity contribution in [2.45, 2.75) is 33.1 Å². The number of anilines is 2. The number of para-hydroxylation sites is 2. The summed E-state index contributed by atoms with van der Waals surface area (Å²) in [5.74, 6) is 0. The summed E-state index contributed by atoms with van der Waals surface area (Å²) in [6.45, 7) is 7.62. The molecule has 0 aromatic heterocycles. The van der Waals surface area contributed by atoms with Gasteiger partial charge in [-0.2, -0.15) is 0 Å². The standard InChI is InChI=1S/C16H25N3O/c1-3-18(4-2)16(20)17-14-10-6-7-11-15(14)19-12-8-5-9-13-19/h6-7,10-11H,3-5,8-9,12-13H2,1-2H3,(H,17,20). The third kappa shape index (κ3) is 3.44. The lowest BCUT2D eigenvalue weighted by Gasteiger charge is -2.31. The molecule has 1 aromatic rings. The van der Waals surface area contributed by atoms with Crippen LogP contribution < -0.4 is 10.2 Å². The smallest absolute Gasteiger partial charge is 0.321 e. The highest BCUT2D eigenvalue weighted by Gasteiger charge is 2.16. The van der Waals surface area contributed by atoms with E-state index in [1.54, 1.807) is 4.90 Å². The second-order valence-electron chi connectivity index (χ2n) is 5.17. The molecule has 1 aliphatic rings. The molecule has 0 bridgehead atoms. The Morgan fingerprint density at radius 2 is 1.80 bits per heavy atom. The van der Waals surface area contributed by atoms with Gasteiger partial charge in [0.05, 0.1) is 11.4 Å². The summed E-state index contributed by atoms with van der Waals surface area (Å²) in [6, 6.07) is 8.09. The predicted molar refractivity (Wildman–Crippen MR) is 84.4 cm³/mol. The second-order valence-corrected chi connectivity index (χ2v) is 5.17. The summed E-state index contributed by atoms with van der Waals surface area (Å²) >= 11 is 0. The van der Waals surface area contributed by atoms with Gasteiger partial charge >= 0.3 is 6.03 Å². The van der Waals surface area contributed by atoms with Gasteiger partial charge in [0.2, 0.25) is 0 Å². The summed E-state index contributed by atoms with van der Waals surface area (Å²) in [7, 11) is 0. The van der Waals surface area contributed by atoms with Crippen LogP contribution in [0.1, 0.15) is 33.1 Å². The molecule has 2 amide bonds. The number of hydrogen-bond donors (Lipinski definition) is 1. The summed E-state index contributed by atoms with van der Waals surface area (Å²) < 4.78 is 0. The van der Waals surface area contributed by atoms with Crippen molar-refractivity contribution in [2.24, 2.45) is 0 Å². The van der Waals surface area contributed by atoms with Gasteiger partial charge in [-0.1, -0.05) is 12.1 Å². The lowest BCUT2D eigenvalue weighted by Crippen LogP contribution is -2.35. The predicted octanol–water partition coefficient (Wildman–Crippen LogP) is 3.55. The van der Waals surface area contributed by atoms with Crippen molar-refractivity contribution in [1.29, 1.82) is 0 Å².